The molecule has 1 aromatic rings. The standard InChI is InChI=1S/C17H27N/c1-14(12-13-16-8-4-3-5-9-16)18-15(2)17-10-6-7-11-17/h3-5,8-9,14-15,17-18H,6-7,10-13H2,1-2H3. The minimum atomic E-state index is 0.626. The minimum absolute atomic E-state index is 0.626. The van der Waals surface area contributed by atoms with Crippen LogP contribution in [0.4, 0.5) is 0 Å². The van der Waals surface area contributed by atoms with Crippen LogP contribution in [0, 0.1) is 5.92 Å². The maximum Gasteiger partial charge on any atom is 0.00694 e. The normalized spacial score (nSPS) is 19.9. The van der Waals surface area contributed by atoms with E-state index in [0.717, 1.165) is 5.92 Å². The molecule has 0 bridgehead atoms. The van der Waals surface area contributed by atoms with Gasteiger partial charge in [0.2, 0.25) is 0 Å². The zero-order valence-corrected chi connectivity index (χ0v) is 11.9. The van der Waals surface area contributed by atoms with E-state index in [1.54, 1.807) is 0 Å². The number of nitrogens with one attached hydrogen (secondary N) is 1. The topological polar surface area (TPSA) is 12.0 Å². The molecule has 0 aromatic heterocycles. The highest BCUT2D eigenvalue weighted by atomic mass is 14.9. The fraction of sp³-hybridized carbons (Fsp3) is 0.647. The number of hydrogen-bond acceptors (Lipinski definition) is 1. The van der Waals surface area contributed by atoms with Crippen molar-refractivity contribution >= 4 is 0 Å². The quantitative estimate of drug-likeness (QED) is 0.793. The van der Waals surface area contributed by atoms with Gasteiger partial charge in [0.25, 0.3) is 0 Å². The molecule has 1 N–H and O–H groups in total. The smallest absolute Gasteiger partial charge is 0.00694 e. The minimum Gasteiger partial charge on any atom is -0.311 e. The predicted molar refractivity (Wildman–Crippen MR) is 78.8 cm³/mol. The lowest BCUT2D eigenvalue weighted by molar-refractivity contribution is 0.341. The maximum absolute atomic E-state index is 3.79. The Kier molecular flexibility index (Phi) is 5.25. The fourth-order valence-electron chi connectivity index (χ4n) is 3.15. The molecule has 1 aliphatic carbocycles. The Morgan fingerprint density at radius 3 is 2.44 bits per heavy atom. The lowest BCUT2D eigenvalue weighted by Gasteiger charge is -2.25. The summed E-state index contributed by atoms with van der Waals surface area (Å²) in [6, 6.07) is 12.1. The van der Waals surface area contributed by atoms with Crippen LogP contribution in [0.1, 0.15) is 51.5 Å². The van der Waals surface area contributed by atoms with Gasteiger partial charge in [0.15, 0.2) is 0 Å². The zero-order valence-electron chi connectivity index (χ0n) is 11.9. The van der Waals surface area contributed by atoms with Crippen molar-refractivity contribution in [2.75, 3.05) is 0 Å². The molecular formula is C17H27N. The molecule has 1 aromatic carbocycles. The van der Waals surface area contributed by atoms with Gasteiger partial charge < -0.3 is 5.32 Å². The molecule has 0 spiro atoms. The highest BCUT2D eigenvalue weighted by Gasteiger charge is 2.22. The second kappa shape index (κ2) is 6.94. The molecule has 0 heterocycles. The Morgan fingerprint density at radius 1 is 1.11 bits per heavy atom. The van der Waals surface area contributed by atoms with Crippen LogP contribution in [-0.4, -0.2) is 12.1 Å². The Bertz CT molecular complexity index is 327. The molecule has 1 heteroatoms. The number of rotatable bonds is 6. The first-order valence-electron chi connectivity index (χ1n) is 7.55. The van der Waals surface area contributed by atoms with Gasteiger partial charge >= 0.3 is 0 Å². The van der Waals surface area contributed by atoms with Gasteiger partial charge in [0.05, 0.1) is 0 Å². The Labute approximate surface area is 112 Å². The first kappa shape index (κ1) is 13.6. The van der Waals surface area contributed by atoms with Gasteiger partial charge in [-0.25, -0.2) is 0 Å². The summed E-state index contributed by atoms with van der Waals surface area (Å²) < 4.78 is 0. The fourth-order valence-corrected chi connectivity index (χ4v) is 3.15. The summed E-state index contributed by atoms with van der Waals surface area (Å²) in [6.07, 6.45) is 8.16. The average Bonchev–Trinajstić information content (AvgIpc) is 2.91. The highest BCUT2D eigenvalue weighted by Crippen LogP contribution is 2.27. The third-order valence-corrected chi connectivity index (χ3v) is 4.36. The van der Waals surface area contributed by atoms with Crippen molar-refractivity contribution in [2.45, 2.75) is 64.5 Å². The lowest BCUT2D eigenvalue weighted by atomic mass is 9.98. The van der Waals surface area contributed by atoms with Gasteiger partial charge in [-0.3, -0.25) is 0 Å². The van der Waals surface area contributed by atoms with Crippen molar-refractivity contribution in [3.63, 3.8) is 0 Å². The van der Waals surface area contributed by atoms with Crippen LogP contribution in [0.25, 0.3) is 0 Å². The van der Waals surface area contributed by atoms with Gasteiger partial charge in [-0.2, -0.15) is 0 Å². The zero-order chi connectivity index (χ0) is 12.8. The average molecular weight is 245 g/mol. The number of benzene rings is 1. The molecule has 2 atom stereocenters. The van der Waals surface area contributed by atoms with Gasteiger partial charge in [0.1, 0.15) is 0 Å². The van der Waals surface area contributed by atoms with Crippen molar-refractivity contribution in [1.29, 1.82) is 0 Å². The third-order valence-electron chi connectivity index (χ3n) is 4.36. The van der Waals surface area contributed by atoms with E-state index in [2.05, 4.69) is 49.5 Å². The van der Waals surface area contributed by atoms with Crippen LogP contribution in [0.15, 0.2) is 30.3 Å². The molecule has 1 saturated carbocycles. The Morgan fingerprint density at radius 2 is 1.78 bits per heavy atom. The number of aryl methyl sites for hydroxylation is 1. The van der Waals surface area contributed by atoms with Crippen LogP contribution in [-0.2, 0) is 6.42 Å². The van der Waals surface area contributed by atoms with Crippen LogP contribution in [0.2, 0.25) is 0 Å². The lowest BCUT2D eigenvalue weighted by Crippen LogP contribution is -2.38. The van der Waals surface area contributed by atoms with Gasteiger partial charge in [-0.15, -0.1) is 0 Å². The predicted octanol–water partition coefficient (Wildman–Crippen LogP) is 4.18. The molecule has 1 nitrogen and oxygen atoms in total. The molecule has 2 rings (SSSR count). The Balaban J connectivity index is 1.70. The second-order valence-corrected chi connectivity index (χ2v) is 5.93. The summed E-state index contributed by atoms with van der Waals surface area (Å²) in [4.78, 5) is 0. The van der Waals surface area contributed by atoms with E-state index in [0.29, 0.717) is 12.1 Å². The molecule has 18 heavy (non-hydrogen) atoms. The third kappa shape index (κ3) is 4.13. The van der Waals surface area contributed by atoms with Gasteiger partial charge in [-0.1, -0.05) is 43.2 Å². The summed E-state index contributed by atoms with van der Waals surface area (Å²) >= 11 is 0. The van der Waals surface area contributed by atoms with E-state index in [1.807, 2.05) is 0 Å². The maximum atomic E-state index is 3.79. The van der Waals surface area contributed by atoms with E-state index in [4.69, 9.17) is 0 Å². The largest absolute Gasteiger partial charge is 0.311 e. The molecule has 0 aliphatic heterocycles. The van der Waals surface area contributed by atoms with E-state index < -0.39 is 0 Å². The Hall–Kier alpha value is -0.820. The van der Waals surface area contributed by atoms with Gasteiger partial charge in [-0.05, 0) is 51.0 Å². The van der Waals surface area contributed by atoms with E-state index in [9.17, 15) is 0 Å². The molecule has 0 saturated heterocycles. The summed E-state index contributed by atoms with van der Waals surface area (Å²) in [5.74, 6) is 0.921. The van der Waals surface area contributed by atoms with Gasteiger partial charge in [0, 0.05) is 12.1 Å². The van der Waals surface area contributed by atoms with Crippen molar-refractivity contribution in [3.05, 3.63) is 35.9 Å². The molecule has 0 radical (unpaired) electrons. The summed E-state index contributed by atoms with van der Waals surface area (Å²) in [5.41, 5.74) is 1.46. The highest BCUT2D eigenvalue weighted by molar-refractivity contribution is 5.14. The van der Waals surface area contributed by atoms with Crippen LogP contribution in [0.5, 0.6) is 0 Å². The molecular weight excluding hydrogens is 218 g/mol. The molecule has 1 aliphatic rings. The summed E-state index contributed by atoms with van der Waals surface area (Å²) in [6.45, 7) is 4.70. The van der Waals surface area contributed by atoms with E-state index in [-0.39, 0.29) is 0 Å². The monoisotopic (exact) mass is 245 g/mol. The first-order valence-corrected chi connectivity index (χ1v) is 7.55. The van der Waals surface area contributed by atoms with Crippen molar-refractivity contribution < 1.29 is 0 Å². The summed E-state index contributed by atoms with van der Waals surface area (Å²) in [7, 11) is 0. The molecule has 1 fully saturated rings. The van der Waals surface area contributed by atoms with Crippen LogP contribution >= 0.6 is 0 Å². The van der Waals surface area contributed by atoms with Crippen LogP contribution in [0.3, 0.4) is 0 Å². The van der Waals surface area contributed by atoms with Crippen molar-refractivity contribution in [1.82, 2.24) is 5.32 Å². The molecule has 0 amide bonds. The molecule has 2 unspecified atom stereocenters. The molecule has 100 valence electrons. The first-order chi connectivity index (χ1) is 8.75. The number of hydrogen-bond donors (Lipinski definition) is 1. The summed E-state index contributed by atoms with van der Waals surface area (Å²) in [5, 5.41) is 3.79. The van der Waals surface area contributed by atoms with E-state index in [1.165, 1.54) is 44.1 Å². The van der Waals surface area contributed by atoms with Crippen molar-refractivity contribution in [3.8, 4) is 0 Å². The van der Waals surface area contributed by atoms with Crippen LogP contribution < -0.4 is 5.32 Å². The second-order valence-electron chi connectivity index (χ2n) is 5.93. The van der Waals surface area contributed by atoms with Crippen molar-refractivity contribution in [2.24, 2.45) is 5.92 Å². The van der Waals surface area contributed by atoms with E-state index >= 15 is 0 Å². The SMILES string of the molecule is CC(CCc1ccccc1)NC(C)C1CCCC1.